The highest BCUT2D eigenvalue weighted by Crippen LogP contribution is 2.57. The van der Waals surface area contributed by atoms with Gasteiger partial charge in [0.05, 0.1) is 5.41 Å². The predicted octanol–water partition coefficient (Wildman–Crippen LogP) is 14.0. The van der Waals surface area contributed by atoms with Gasteiger partial charge in [-0.05, 0) is 115 Å². The topological polar surface area (TPSA) is 3.24 Å². The Labute approximate surface area is 317 Å². The highest BCUT2D eigenvalue weighted by molar-refractivity contribution is 5.92. The number of rotatable bonds is 7. The Balaban J connectivity index is 1.09. The summed E-state index contributed by atoms with van der Waals surface area (Å²) in [5.74, 6) is 0. The van der Waals surface area contributed by atoms with Crippen LogP contribution in [0, 0.1) is 0 Å². The van der Waals surface area contributed by atoms with Crippen molar-refractivity contribution >= 4 is 27.8 Å². The van der Waals surface area contributed by atoms with Gasteiger partial charge in [0, 0.05) is 17.1 Å². The van der Waals surface area contributed by atoms with Crippen LogP contribution >= 0.6 is 0 Å². The first-order valence-electron chi connectivity index (χ1n) is 18.7. The number of para-hydroxylation sites is 1. The third-order valence-electron chi connectivity index (χ3n) is 11.1. The van der Waals surface area contributed by atoms with Crippen LogP contribution in [0.3, 0.4) is 0 Å². The molecule has 0 aliphatic heterocycles. The lowest BCUT2D eigenvalue weighted by atomic mass is 9.67. The van der Waals surface area contributed by atoms with Crippen LogP contribution in [0.1, 0.15) is 22.3 Å². The lowest BCUT2D eigenvalue weighted by Crippen LogP contribution is -2.28. The zero-order chi connectivity index (χ0) is 35.9. The molecule has 0 amide bonds. The Morgan fingerprint density at radius 1 is 0.278 bits per heavy atom. The van der Waals surface area contributed by atoms with Crippen LogP contribution in [0.5, 0.6) is 0 Å². The van der Waals surface area contributed by atoms with Gasteiger partial charge < -0.3 is 4.90 Å². The van der Waals surface area contributed by atoms with Crippen molar-refractivity contribution in [2.75, 3.05) is 4.90 Å². The summed E-state index contributed by atoms with van der Waals surface area (Å²) in [6.45, 7) is 0. The van der Waals surface area contributed by atoms with Crippen molar-refractivity contribution < 1.29 is 0 Å². The maximum absolute atomic E-state index is 2.43. The third kappa shape index (κ3) is 5.25. The van der Waals surface area contributed by atoms with Crippen LogP contribution in [0.25, 0.3) is 44.2 Å². The fourth-order valence-electron chi connectivity index (χ4n) is 8.63. The molecule has 9 aromatic rings. The summed E-state index contributed by atoms with van der Waals surface area (Å²) in [7, 11) is 0. The molecule has 10 rings (SSSR count). The zero-order valence-corrected chi connectivity index (χ0v) is 29.8. The van der Waals surface area contributed by atoms with Crippen molar-refractivity contribution in [3.63, 3.8) is 0 Å². The molecule has 0 saturated heterocycles. The molecule has 0 aromatic heterocycles. The van der Waals surface area contributed by atoms with Crippen molar-refractivity contribution in [3.05, 3.63) is 247 Å². The molecule has 0 N–H and O–H groups in total. The summed E-state index contributed by atoms with van der Waals surface area (Å²) in [6.07, 6.45) is 0. The summed E-state index contributed by atoms with van der Waals surface area (Å²) >= 11 is 0. The molecule has 1 aliphatic rings. The van der Waals surface area contributed by atoms with Gasteiger partial charge in [0.1, 0.15) is 0 Å². The molecule has 1 nitrogen and oxygen atoms in total. The van der Waals surface area contributed by atoms with E-state index in [0.29, 0.717) is 0 Å². The van der Waals surface area contributed by atoms with Gasteiger partial charge in [0.2, 0.25) is 0 Å². The molecule has 0 unspecified atom stereocenters. The van der Waals surface area contributed by atoms with E-state index in [1.165, 1.54) is 66.4 Å². The highest BCUT2D eigenvalue weighted by Gasteiger charge is 2.46. The second-order valence-electron chi connectivity index (χ2n) is 14.1. The van der Waals surface area contributed by atoms with Gasteiger partial charge in [0.25, 0.3) is 0 Å². The van der Waals surface area contributed by atoms with Crippen molar-refractivity contribution in [1.82, 2.24) is 0 Å². The SMILES string of the molecule is c1ccc(-c2ccc3cc(-c4ccc(N(c5ccccc5)c5ccc6c(c5)C(c5ccccc5)(c5ccccc5)c5ccccc5-6)cc4)ccc3c2)cc1. The summed E-state index contributed by atoms with van der Waals surface area (Å²) in [6, 6.07) is 81.9. The van der Waals surface area contributed by atoms with Crippen molar-refractivity contribution in [2.45, 2.75) is 5.41 Å². The van der Waals surface area contributed by atoms with E-state index >= 15 is 0 Å². The molecule has 0 heterocycles. The Morgan fingerprint density at radius 3 is 1.33 bits per heavy atom. The molecule has 0 radical (unpaired) electrons. The lowest BCUT2D eigenvalue weighted by molar-refractivity contribution is 0.768. The summed E-state index contributed by atoms with van der Waals surface area (Å²) in [5.41, 5.74) is 15.5. The first kappa shape index (κ1) is 31.7. The van der Waals surface area contributed by atoms with E-state index in [4.69, 9.17) is 0 Å². The zero-order valence-electron chi connectivity index (χ0n) is 29.8. The standard InChI is InChI=1S/C53H37N/c1-5-15-38(16-6-1)40-25-27-43-36-41(26-28-42(43)35-40)39-29-31-47(32-30-39)54(46-21-11-4-12-22-46)48-33-34-50-49-23-13-14-24-51(49)53(52(50)37-48,44-17-7-2-8-18-44)45-19-9-3-10-20-45/h1-37H. The number of benzene rings is 9. The Morgan fingerprint density at radius 2 is 0.722 bits per heavy atom. The molecule has 254 valence electrons. The average molecular weight is 688 g/mol. The summed E-state index contributed by atoms with van der Waals surface area (Å²) < 4.78 is 0. The molecular formula is C53H37N. The van der Waals surface area contributed by atoms with Gasteiger partial charge in [-0.3, -0.25) is 0 Å². The number of hydrogen-bond acceptors (Lipinski definition) is 1. The van der Waals surface area contributed by atoms with E-state index in [1.807, 2.05) is 0 Å². The van der Waals surface area contributed by atoms with Crippen molar-refractivity contribution in [1.29, 1.82) is 0 Å². The maximum Gasteiger partial charge on any atom is 0.0714 e. The highest BCUT2D eigenvalue weighted by atomic mass is 15.1. The molecule has 9 aromatic carbocycles. The largest absolute Gasteiger partial charge is 0.310 e. The molecule has 0 atom stereocenters. The average Bonchev–Trinajstić information content (AvgIpc) is 3.55. The van der Waals surface area contributed by atoms with E-state index in [1.54, 1.807) is 0 Å². The van der Waals surface area contributed by atoms with Crippen LogP contribution < -0.4 is 4.90 Å². The van der Waals surface area contributed by atoms with E-state index < -0.39 is 5.41 Å². The Bertz CT molecular complexity index is 2700. The summed E-state index contributed by atoms with van der Waals surface area (Å²) in [5, 5.41) is 2.48. The van der Waals surface area contributed by atoms with Crippen LogP contribution in [0.15, 0.2) is 224 Å². The first-order valence-corrected chi connectivity index (χ1v) is 18.7. The third-order valence-corrected chi connectivity index (χ3v) is 11.1. The van der Waals surface area contributed by atoms with Crippen LogP contribution in [-0.2, 0) is 5.41 Å². The molecule has 0 saturated carbocycles. The molecule has 1 aliphatic carbocycles. The van der Waals surface area contributed by atoms with Crippen LogP contribution in [0.4, 0.5) is 17.1 Å². The molecule has 0 bridgehead atoms. The van der Waals surface area contributed by atoms with Gasteiger partial charge in [-0.1, -0.05) is 176 Å². The monoisotopic (exact) mass is 687 g/mol. The van der Waals surface area contributed by atoms with Gasteiger partial charge in [0.15, 0.2) is 0 Å². The van der Waals surface area contributed by atoms with Crippen LogP contribution in [-0.4, -0.2) is 0 Å². The normalized spacial score (nSPS) is 12.6. The lowest BCUT2D eigenvalue weighted by Gasteiger charge is -2.35. The minimum absolute atomic E-state index is 0.464. The quantitative estimate of drug-likeness (QED) is 0.161. The van der Waals surface area contributed by atoms with Gasteiger partial charge >= 0.3 is 0 Å². The van der Waals surface area contributed by atoms with Crippen LogP contribution in [0.2, 0.25) is 0 Å². The molecule has 54 heavy (non-hydrogen) atoms. The van der Waals surface area contributed by atoms with Crippen molar-refractivity contribution in [2.24, 2.45) is 0 Å². The Hall–Kier alpha value is -6.96. The maximum atomic E-state index is 2.43. The predicted molar refractivity (Wildman–Crippen MR) is 227 cm³/mol. The number of anilines is 3. The van der Waals surface area contributed by atoms with E-state index in [-0.39, 0.29) is 0 Å². The second-order valence-corrected chi connectivity index (χ2v) is 14.1. The van der Waals surface area contributed by atoms with Gasteiger partial charge in [-0.2, -0.15) is 0 Å². The number of hydrogen-bond donors (Lipinski definition) is 0. The van der Waals surface area contributed by atoms with E-state index in [0.717, 1.165) is 17.1 Å². The van der Waals surface area contributed by atoms with E-state index in [2.05, 4.69) is 229 Å². The number of fused-ring (bicyclic) bond motifs is 4. The fraction of sp³-hybridized carbons (Fsp3) is 0.0189. The first-order chi connectivity index (χ1) is 26.8. The molecule has 0 fully saturated rings. The molecule has 0 spiro atoms. The fourth-order valence-corrected chi connectivity index (χ4v) is 8.63. The molecule has 1 heteroatoms. The summed E-state index contributed by atoms with van der Waals surface area (Å²) in [4.78, 5) is 2.39. The van der Waals surface area contributed by atoms with Crippen molar-refractivity contribution in [3.8, 4) is 33.4 Å². The minimum Gasteiger partial charge on any atom is -0.310 e. The number of nitrogens with zero attached hydrogens (tertiary/aromatic N) is 1. The second kappa shape index (κ2) is 13.2. The smallest absolute Gasteiger partial charge is 0.0714 e. The van der Waals surface area contributed by atoms with Gasteiger partial charge in [-0.25, -0.2) is 0 Å². The van der Waals surface area contributed by atoms with E-state index in [9.17, 15) is 0 Å². The van der Waals surface area contributed by atoms with Gasteiger partial charge in [-0.15, -0.1) is 0 Å². The Kier molecular flexibility index (Phi) is 7.78. The minimum atomic E-state index is -0.464. The molecular weight excluding hydrogens is 651 g/mol.